The molecule has 1 aromatic carbocycles. The van der Waals surface area contributed by atoms with Crippen molar-refractivity contribution >= 4 is 29.1 Å². The second-order valence-electron chi connectivity index (χ2n) is 5.88. The van der Waals surface area contributed by atoms with Crippen molar-refractivity contribution in [2.24, 2.45) is 5.10 Å². The minimum absolute atomic E-state index is 0.310. The largest absolute Gasteiger partial charge is 0.408 e. The molecule has 2 N–H and O–H groups in total. The normalized spacial score (nSPS) is 12.5. The third-order valence-electron chi connectivity index (χ3n) is 3.35. The molecule has 152 valence electrons. The first kappa shape index (κ1) is 21.7. The Labute approximate surface area is 160 Å². The van der Waals surface area contributed by atoms with Gasteiger partial charge in [0.15, 0.2) is 0 Å². The van der Waals surface area contributed by atoms with Gasteiger partial charge in [-0.25, -0.2) is 18.6 Å². The minimum atomic E-state index is -4.69. The first-order valence-corrected chi connectivity index (χ1v) is 8.10. The van der Waals surface area contributed by atoms with E-state index in [0.29, 0.717) is 17.8 Å². The van der Waals surface area contributed by atoms with Crippen molar-refractivity contribution in [3.63, 3.8) is 0 Å². The predicted octanol–water partition coefficient (Wildman–Crippen LogP) is 5.38. The Bertz CT molecular complexity index is 888. The van der Waals surface area contributed by atoms with Gasteiger partial charge in [-0.05, 0) is 20.8 Å². The lowest BCUT2D eigenvalue weighted by Gasteiger charge is -2.21. The number of hydrogen-bond acceptors (Lipinski definition) is 5. The third kappa shape index (κ3) is 5.03. The highest BCUT2D eigenvalue weighted by Gasteiger charge is 2.37. The molecule has 1 aromatic heterocycles. The zero-order valence-corrected chi connectivity index (χ0v) is 15.5. The zero-order chi connectivity index (χ0) is 21.2. The van der Waals surface area contributed by atoms with Crippen molar-refractivity contribution in [2.75, 3.05) is 10.7 Å². The molecule has 5 nitrogen and oxygen atoms in total. The Morgan fingerprint density at radius 3 is 2.14 bits per heavy atom. The van der Waals surface area contributed by atoms with Crippen LogP contribution in [0, 0.1) is 17.5 Å². The number of alkyl halides is 3. The number of benzene rings is 1. The van der Waals surface area contributed by atoms with Crippen molar-refractivity contribution in [3.05, 3.63) is 34.7 Å². The summed E-state index contributed by atoms with van der Waals surface area (Å²) in [7, 11) is 0. The second-order valence-corrected chi connectivity index (χ2v) is 6.24. The van der Waals surface area contributed by atoms with E-state index in [0.717, 1.165) is 6.92 Å². The summed E-state index contributed by atoms with van der Waals surface area (Å²) < 4.78 is 80.5. The monoisotopic (exact) mass is 425 g/mol. The van der Waals surface area contributed by atoms with Gasteiger partial charge in [0.2, 0.25) is 5.95 Å². The second kappa shape index (κ2) is 8.21. The van der Waals surface area contributed by atoms with Crippen LogP contribution in [0.25, 0.3) is 11.1 Å². The van der Waals surface area contributed by atoms with Crippen LogP contribution >= 0.6 is 11.6 Å². The Kier molecular flexibility index (Phi) is 6.37. The Morgan fingerprint density at radius 2 is 1.64 bits per heavy atom. The average Bonchev–Trinajstić information content (AvgIpc) is 2.53. The SMILES string of the molecule is CC(C)=NNc1nc(Cl)c(-c2c(F)cc(F)cc2F)c(N[C@@H](C)C(F)(F)F)n1. The first-order chi connectivity index (χ1) is 12.9. The van der Waals surface area contributed by atoms with Gasteiger partial charge < -0.3 is 5.32 Å². The summed E-state index contributed by atoms with van der Waals surface area (Å²) in [6, 6.07) is -1.42. The van der Waals surface area contributed by atoms with Crippen LogP contribution in [0.2, 0.25) is 5.15 Å². The number of rotatable bonds is 5. The molecule has 0 spiro atoms. The van der Waals surface area contributed by atoms with Gasteiger partial charge in [-0.2, -0.15) is 28.2 Å². The van der Waals surface area contributed by atoms with Crippen LogP contribution in [-0.2, 0) is 0 Å². The van der Waals surface area contributed by atoms with E-state index < -0.39 is 51.8 Å². The number of halogens is 7. The molecule has 0 fully saturated rings. The number of aromatic nitrogens is 2. The molecular formula is C16H14ClF6N5. The fourth-order valence-corrected chi connectivity index (χ4v) is 2.30. The lowest BCUT2D eigenvalue weighted by atomic mass is 10.1. The smallest absolute Gasteiger partial charge is 0.358 e. The summed E-state index contributed by atoms with van der Waals surface area (Å²) >= 11 is 5.98. The van der Waals surface area contributed by atoms with Gasteiger partial charge in [0.1, 0.15) is 34.5 Å². The van der Waals surface area contributed by atoms with E-state index in [1.807, 2.05) is 5.32 Å². The maximum absolute atomic E-state index is 14.2. The number of hydrazone groups is 1. The highest BCUT2D eigenvalue weighted by molar-refractivity contribution is 6.32. The van der Waals surface area contributed by atoms with Crippen LogP contribution in [0.5, 0.6) is 0 Å². The number of hydrogen-bond donors (Lipinski definition) is 2. The van der Waals surface area contributed by atoms with Crippen molar-refractivity contribution in [2.45, 2.75) is 33.0 Å². The molecular weight excluding hydrogens is 412 g/mol. The molecule has 28 heavy (non-hydrogen) atoms. The average molecular weight is 426 g/mol. The van der Waals surface area contributed by atoms with Gasteiger partial charge in [-0.1, -0.05) is 11.6 Å². The van der Waals surface area contributed by atoms with Crippen molar-refractivity contribution in [1.29, 1.82) is 0 Å². The van der Waals surface area contributed by atoms with E-state index in [-0.39, 0.29) is 5.95 Å². The molecule has 0 amide bonds. The van der Waals surface area contributed by atoms with E-state index in [1.165, 1.54) is 0 Å². The molecule has 0 bridgehead atoms. The van der Waals surface area contributed by atoms with Crippen LogP contribution in [0.3, 0.4) is 0 Å². The van der Waals surface area contributed by atoms with Crippen LogP contribution in [0.4, 0.5) is 38.1 Å². The topological polar surface area (TPSA) is 62.2 Å². The molecule has 0 radical (unpaired) electrons. The van der Waals surface area contributed by atoms with Crippen molar-refractivity contribution < 1.29 is 26.3 Å². The number of nitrogens with zero attached hydrogens (tertiary/aromatic N) is 3. The summed E-state index contributed by atoms with van der Waals surface area (Å²) in [5.74, 6) is -4.89. The quantitative estimate of drug-likeness (QED) is 0.292. The fraction of sp³-hybridized carbons (Fsp3) is 0.312. The molecule has 1 heterocycles. The fourth-order valence-electron chi connectivity index (χ4n) is 2.04. The van der Waals surface area contributed by atoms with E-state index in [1.54, 1.807) is 13.8 Å². The van der Waals surface area contributed by atoms with Crippen LogP contribution in [0.1, 0.15) is 20.8 Å². The number of anilines is 2. The van der Waals surface area contributed by atoms with E-state index in [4.69, 9.17) is 11.6 Å². The summed E-state index contributed by atoms with van der Waals surface area (Å²) in [6.45, 7) is 4.02. The molecule has 2 aromatic rings. The van der Waals surface area contributed by atoms with Gasteiger partial charge >= 0.3 is 6.18 Å². The zero-order valence-electron chi connectivity index (χ0n) is 14.7. The maximum atomic E-state index is 14.2. The maximum Gasteiger partial charge on any atom is 0.408 e. The summed E-state index contributed by atoms with van der Waals surface area (Å²) in [4.78, 5) is 7.53. The standard InChI is InChI=1S/C16H14ClF6N5/c1-6(2)27-28-15-25-13(17)12(11-9(19)4-8(18)5-10(11)20)14(26-15)24-7(3)16(21,22)23/h4-5,7H,1-3H3,(H2,24,25,26,28)/t7-/m0/s1. The molecule has 0 aliphatic rings. The van der Waals surface area contributed by atoms with Crippen molar-refractivity contribution in [3.8, 4) is 11.1 Å². The molecule has 0 saturated heterocycles. The Balaban J connectivity index is 2.68. The molecule has 1 atom stereocenters. The molecule has 0 aliphatic heterocycles. The highest BCUT2D eigenvalue weighted by atomic mass is 35.5. The molecule has 2 rings (SSSR count). The van der Waals surface area contributed by atoms with Crippen LogP contribution in [-0.4, -0.2) is 27.9 Å². The molecule has 12 heteroatoms. The Morgan fingerprint density at radius 1 is 1.07 bits per heavy atom. The lowest BCUT2D eigenvalue weighted by Crippen LogP contribution is -2.33. The molecule has 0 unspecified atom stereocenters. The number of nitrogens with one attached hydrogen (secondary N) is 2. The molecule has 0 aliphatic carbocycles. The van der Waals surface area contributed by atoms with Gasteiger partial charge in [0.25, 0.3) is 0 Å². The van der Waals surface area contributed by atoms with Gasteiger partial charge in [0, 0.05) is 17.8 Å². The predicted molar refractivity (Wildman–Crippen MR) is 93.9 cm³/mol. The Hall–Kier alpha value is -2.56. The van der Waals surface area contributed by atoms with Crippen LogP contribution < -0.4 is 10.7 Å². The first-order valence-electron chi connectivity index (χ1n) is 7.72. The van der Waals surface area contributed by atoms with Crippen LogP contribution in [0.15, 0.2) is 17.2 Å². The van der Waals surface area contributed by atoms with Gasteiger partial charge in [-0.3, -0.25) is 0 Å². The van der Waals surface area contributed by atoms with E-state index in [2.05, 4.69) is 20.5 Å². The minimum Gasteiger partial charge on any atom is -0.358 e. The van der Waals surface area contributed by atoms with Gasteiger partial charge in [-0.15, -0.1) is 0 Å². The van der Waals surface area contributed by atoms with E-state index in [9.17, 15) is 26.3 Å². The van der Waals surface area contributed by atoms with Gasteiger partial charge in [0.05, 0.1) is 11.1 Å². The third-order valence-corrected chi connectivity index (χ3v) is 3.62. The van der Waals surface area contributed by atoms with Crippen molar-refractivity contribution in [1.82, 2.24) is 9.97 Å². The van der Waals surface area contributed by atoms with E-state index >= 15 is 0 Å². The lowest BCUT2D eigenvalue weighted by molar-refractivity contribution is -0.138. The summed E-state index contributed by atoms with van der Waals surface area (Å²) in [5, 5.41) is 5.23. The summed E-state index contributed by atoms with van der Waals surface area (Å²) in [6.07, 6.45) is -4.69. The molecule has 0 saturated carbocycles. The highest BCUT2D eigenvalue weighted by Crippen LogP contribution is 2.38. The summed E-state index contributed by atoms with van der Waals surface area (Å²) in [5.41, 5.74) is 1.45.